The van der Waals surface area contributed by atoms with Crippen molar-refractivity contribution >= 4 is 23.2 Å². The van der Waals surface area contributed by atoms with Crippen molar-refractivity contribution in [2.24, 2.45) is 0 Å². The Kier molecular flexibility index (Phi) is 4.45. The molecular weight excluding hydrogens is 347 g/mol. The average molecular weight is 356 g/mol. The van der Waals surface area contributed by atoms with Crippen LogP contribution < -0.4 is 4.74 Å². The first-order valence-electron chi connectivity index (χ1n) is 6.44. The maximum Gasteiger partial charge on any atom is 0.387 e. The third kappa shape index (κ3) is 3.60. The molecule has 0 N–H and O–H groups in total. The van der Waals surface area contributed by atoms with Gasteiger partial charge in [0.2, 0.25) is 0 Å². The summed E-state index contributed by atoms with van der Waals surface area (Å²) >= 11 is 11.9. The molecule has 0 aliphatic rings. The molecule has 0 bridgehead atoms. The summed E-state index contributed by atoms with van der Waals surface area (Å²) in [5.41, 5.74) is 1.91. The number of hydrogen-bond acceptors (Lipinski definition) is 3. The van der Waals surface area contributed by atoms with Gasteiger partial charge in [-0.25, -0.2) is 9.67 Å². The maximum atomic E-state index is 12.4. The minimum Gasteiger partial charge on any atom is -0.435 e. The van der Waals surface area contributed by atoms with Crippen molar-refractivity contribution in [2.45, 2.75) is 6.61 Å². The molecule has 0 amide bonds. The third-order valence-corrected chi connectivity index (χ3v) is 3.41. The van der Waals surface area contributed by atoms with Crippen molar-refractivity contribution in [1.29, 1.82) is 0 Å². The number of nitrogens with zero attached hydrogens (tertiary/aromatic N) is 3. The summed E-state index contributed by atoms with van der Waals surface area (Å²) in [5, 5.41) is 4.82. The van der Waals surface area contributed by atoms with E-state index in [0.29, 0.717) is 22.1 Å². The Labute approximate surface area is 140 Å². The highest BCUT2D eigenvalue weighted by Crippen LogP contribution is 2.30. The van der Waals surface area contributed by atoms with Crippen LogP contribution in [0, 0.1) is 0 Å². The number of pyridine rings is 1. The number of benzene rings is 1. The van der Waals surface area contributed by atoms with Gasteiger partial charge in [0.05, 0.1) is 17.6 Å². The molecule has 118 valence electrons. The molecule has 0 saturated heterocycles. The predicted octanol–water partition coefficient (Wildman–Crippen LogP) is 4.84. The molecule has 0 aliphatic carbocycles. The van der Waals surface area contributed by atoms with Gasteiger partial charge in [-0.15, -0.1) is 0 Å². The van der Waals surface area contributed by atoms with Crippen molar-refractivity contribution in [1.82, 2.24) is 14.8 Å². The molecule has 0 unspecified atom stereocenters. The topological polar surface area (TPSA) is 39.9 Å². The number of halogens is 4. The van der Waals surface area contributed by atoms with E-state index in [2.05, 4.69) is 14.8 Å². The molecular formula is C15H9Cl2F2N3O. The van der Waals surface area contributed by atoms with Crippen LogP contribution in [-0.2, 0) is 0 Å². The highest BCUT2D eigenvalue weighted by Gasteiger charge is 2.12. The van der Waals surface area contributed by atoms with Crippen molar-refractivity contribution in [3.8, 4) is 22.7 Å². The van der Waals surface area contributed by atoms with E-state index in [1.165, 1.54) is 12.1 Å². The summed E-state index contributed by atoms with van der Waals surface area (Å²) in [7, 11) is 0. The van der Waals surface area contributed by atoms with E-state index in [4.69, 9.17) is 23.2 Å². The van der Waals surface area contributed by atoms with Gasteiger partial charge in [-0.1, -0.05) is 23.2 Å². The zero-order valence-electron chi connectivity index (χ0n) is 11.5. The Morgan fingerprint density at radius 2 is 1.87 bits per heavy atom. The molecule has 2 aromatic heterocycles. The second kappa shape index (κ2) is 6.52. The van der Waals surface area contributed by atoms with E-state index in [1.807, 2.05) is 0 Å². The Hall–Kier alpha value is -2.18. The van der Waals surface area contributed by atoms with E-state index in [1.54, 1.807) is 41.3 Å². The van der Waals surface area contributed by atoms with Gasteiger partial charge in [-0.2, -0.15) is 13.9 Å². The minimum atomic E-state index is -2.93. The van der Waals surface area contributed by atoms with E-state index in [9.17, 15) is 8.78 Å². The summed E-state index contributed by atoms with van der Waals surface area (Å²) in [6, 6.07) is 9.51. The van der Waals surface area contributed by atoms with Crippen LogP contribution >= 0.6 is 23.2 Å². The SMILES string of the molecule is FC(F)Oc1cc(Cl)cc(-c2ccnn2-c2ccnc(Cl)c2)c1. The van der Waals surface area contributed by atoms with Crippen LogP contribution in [0.2, 0.25) is 10.2 Å². The summed E-state index contributed by atoms with van der Waals surface area (Å²) in [6.07, 6.45) is 3.13. The van der Waals surface area contributed by atoms with E-state index >= 15 is 0 Å². The lowest BCUT2D eigenvalue weighted by Crippen LogP contribution is -2.03. The molecule has 0 spiro atoms. The summed E-state index contributed by atoms with van der Waals surface area (Å²) in [5.74, 6) is -0.0250. The number of aromatic nitrogens is 3. The predicted molar refractivity (Wildman–Crippen MR) is 83.4 cm³/mol. The van der Waals surface area contributed by atoms with Gasteiger partial charge >= 0.3 is 6.61 Å². The van der Waals surface area contributed by atoms with Crippen molar-refractivity contribution < 1.29 is 13.5 Å². The standard InChI is InChI=1S/C15H9Cl2F2N3O/c16-10-5-9(6-12(7-10)23-15(18)19)13-2-4-21-22(13)11-1-3-20-14(17)8-11/h1-8,15H. The van der Waals surface area contributed by atoms with E-state index in [0.717, 1.165) is 0 Å². The van der Waals surface area contributed by atoms with Crippen LogP contribution in [0.5, 0.6) is 5.75 Å². The summed E-state index contributed by atoms with van der Waals surface area (Å²) in [6.45, 7) is -2.93. The van der Waals surface area contributed by atoms with Gasteiger partial charge < -0.3 is 4.74 Å². The molecule has 4 nitrogen and oxygen atoms in total. The number of ether oxygens (including phenoxy) is 1. The van der Waals surface area contributed by atoms with Gasteiger partial charge in [-0.05, 0) is 30.3 Å². The van der Waals surface area contributed by atoms with Crippen LogP contribution in [0.25, 0.3) is 16.9 Å². The fourth-order valence-corrected chi connectivity index (χ4v) is 2.53. The smallest absolute Gasteiger partial charge is 0.387 e. The average Bonchev–Trinajstić information content (AvgIpc) is 2.95. The van der Waals surface area contributed by atoms with Gasteiger partial charge in [0.1, 0.15) is 10.9 Å². The molecule has 0 atom stereocenters. The van der Waals surface area contributed by atoms with Gasteiger partial charge in [0.25, 0.3) is 0 Å². The number of rotatable bonds is 4. The Bertz CT molecular complexity index is 839. The highest BCUT2D eigenvalue weighted by atomic mass is 35.5. The van der Waals surface area contributed by atoms with Crippen LogP contribution in [-0.4, -0.2) is 21.4 Å². The molecule has 1 aromatic carbocycles. The monoisotopic (exact) mass is 355 g/mol. The third-order valence-electron chi connectivity index (χ3n) is 2.99. The zero-order valence-corrected chi connectivity index (χ0v) is 13.0. The van der Waals surface area contributed by atoms with Gasteiger partial charge in [0.15, 0.2) is 0 Å². The lowest BCUT2D eigenvalue weighted by Gasteiger charge is -2.10. The highest BCUT2D eigenvalue weighted by molar-refractivity contribution is 6.31. The maximum absolute atomic E-state index is 12.4. The van der Waals surface area contributed by atoms with E-state index < -0.39 is 6.61 Å². The lowest BCUT2D eigenvalue weighted by atomic mass is 10.1. The summed E-state index contributed by atoms with van der Waals surface area (Å²) in [4.78, 5) is 3.91. The van der Waals surface area contributed by atoms with Crippen LogP contribution in [0.4, 0.5) is 8.78 Å². The fourth-order valence-electron chi connectivity index (χ4n) is 2.13. The molecule has 0 saturated carbocycles. The van der Waals surface area contributed by atoms with E-state index in [-0.39, 0.29) is 10.8 Å². The fraction of sp³-hybridized carbons (Fsp3) is 0.0667. The van der Waals surface area contributed by atoms with Crippen LogP contribution in [0.15, 0.2) is 48.8 Å². The Balaban J connectivity index is 2.07. The second-order valence-corrected chi connectivity index (χ2v) is 5.34. The molecule has 8 heteroatoms. The van der Waals surface area contributed by atoms with Crippen molar-refractivity contribution in [3.05, 3.63) is 59.0 Å². The van der Waals surface area contributed by atoms with Gasteiger partial charge in [-0.3, -0.25) is 0 Å². The van der Waals surface area contributed by atoms with Gasteiger partial charge in [0, 0.05) is 22.8 Å². The number of alkyl halides is 2. The zero-order chi connectivity index (χ0) is 16.4. The molecule has 0 aliphatic heterocycles. The lowest BCUT2D eigenvalue weighted by molar-refractivity contribution is -0.0498. The second-order valence-electron chi connectivity index (χ2n) is 4.52. The first kappa shape index (κ1) is 15.7. The largest absolute Gasteiger partial charge is 0.435 e. The molecule has 0 fully saturated rings. The molecule has 2 heterocycles. The Morgan fingerprint density at radius 1 is 1.04 bits per heavy atom. The van der Waals surface area contributed by atoms with Crippen LogP contribution in [0.3, 0.4) is 0 Å². The Morgan fingerprint density at radius 3 is 2.61 bits per heavy atom. The van der Waals surface area contributed by atoms with Crippen LogP contribution in [0.1, 0.15) is 0 Å². The minimum absolute atomic E-state index is 0.0250. The molecule has 3 rings (SSSR count). The van der Waals surface area contributed by atoms with Crippen molar-refractivity contribution in [3.63, 3.8) is 0 Å². The summed E-state index contributed by atoms with van der Waals surface area (Å²) < 4.78 is 30.8. The first-order chi connectivity index (χ1) is 11.0. The first-order valence-corrected chi connectivity index (χ1v) is 7.20. The quantitative estimate of drug-likeness (QED) is 0.628. The molecule has 3 aromatic rings. The number of hydrogen-bond donors (Lipinski definition) is 0. The molecule has 0 radical (unpaired) electrons. The normalized spacial score (nSPS) is 11.0. The van der Waals surface area contributed by atoms with Crippen molar-refractivity contribution in [2.75, 3.05) is 0 Å². The molecule has 23 heavy (non-hydrogen) atoms.